The third-order valence-electron chi connectivity index (χ3n) is 4.07. The normalized spacial score (nSPS) is 19.7. The van der Waals surface area contributed by atoms with Crippen molar-refractivity contribution < 1.29 is 14.1 Å². The van der Waals surface area contributed by atoms with Gasteiger partial charge in [0.05, 0.1) is 29.3 Å². The van der Waals surface area contributed by atoms with Crippen molar-refractivity contribution in [2.24, 2.45) is 0 Å². The molecule has 2 heterocycles. The lowest BCUT2D eigenvalue weighted by Gasteiger charge is -2.32. The molecule has 2 rings (SSSR count). The number of carbonyl (C=O) groups excluding carboxylic acids is 1. The van der Waals surface area contributed by atoms with Crippen LogP contribution in [0.1, 0.15) is 40.3 Å². The molecule has 23 heavy (non-hydrogen) atoms. The van der Waals surface area contributed by atoms with Crippen molar-refractivity contribution >= 4 is 35.0 Å². The monoisotopic (exact) mass is 381 g/mol. The molecule has 1 saturated heterocycles. The van der Waals surface area contributed by atoms with E-state index in [0.29, 0.717) is 16.8 Å². The van der Waals surface area contributed by atoms with Crippen LogP contribution in [0.4, 0.5) is 0 Å². The average molecular weight is 382 g/mol. The molecule has 0 radical (unpaired) electrons. The Balaban J connectivity index is 2.28. The van der Waals surface area contributed by atoms with Gasteiger partial charge in [-0.15, -0.1) is 0 Å². The van der Waals surface area contributed by atoms with Gasteiger partial charge in [0.1, 0.15) is 4.60 Å². The van der Waals surface area contributed by atoms with Gasteiger partial charge >= 0.3 is 7.12 Å². The van der Waals surface area contributed by atoms with E-state index in [9.17, 15) is 4.79 Å². The van der Waals surface area contributed by atoms with Crippen molar-refractivity contribution in [1.29, 1.82) is 0 Å². The topological polar surface area (TPSA) is 73.3 Å². The lowest BCUT2D eigenvalue weighted by atomic mass is 9.77. The Kier molecular flexibility index (Phi) is 5.28. The largest absolute Gasteiger partial charge is 0.492 e. The minimum Gasteiger partial charge on any atom is -0.400 e. The zero-order chi connectivity index (χ0) is 17.3. The fraction of sp³-hybridized carbons (Fsp3) is 0.533. The van der Waals surface area contributed by atoms with Gasteiger partial charge in [0.15, 0.2) is 0 Å². The van der Waals surface area contributed by atoms with Gasteiger partial charge in [-0.2, -0.15) is 0 Å². The average Bonchev–Trinajstić information content (AvgIpc) is 2.65. The molecule has 0 saturated carbocycles. The summed E-state index contributed by atoms with van der Waals surface area (Å²) in [6.45, 7) is 9.75. The molecule has 1 fully saturated rings. The molecule has 0 aliphatic carbocycles. The minimum absolute atomic E-state index is 0.116. The van der Waals surface area contributed by atoms with Crippen molar-refractivity contribution in [2.75, 3.05) is 6.54 Å². The summed E-state index contributed by atoms with van der Waals surface area (Å²) in [6.07, 6.45) is 5.09. The minimum atomic E-state index is -0.544. The van der Waals surface area contributed by atoms with Crippen LogP contribution in [0.25, 0.3) is 6.08 Å². The van der Waals surface area contributed by atoms with Crippen LogP contribution < -0.4 is 5.32 Å². The summed E-state index contributed by atoms with van der Waals surface area (Å²) in [5, 5.41) is 2.78. The van der Waals surface area contributed by atoms with Crippen LogP contribution in [0.15, 0.2) is 22.5 Å². The Morgan fingerprint density at radius 3 is 2.35 bits per heavy atom. The predicted molar refractivity (Wildman–Crippen MR) is 92.5 cm³/mol. The summed E-state index contributed by atoms with van der Waals surface area (Å²) in [6, 6.07) is 0. The fourth-order valence-corrected chi connectivity index (χ4v) is 2.21. The first-order chi connectivity index (χ1) is 10.6. The number of hydrogen-bond donors (Lipinski definition) is 1. The number of rotatable bonds is 4. The molecule has 1 aliphatic heterocycles. The van der Waals surface area contributed by atoms with E-state index in [0.717, 1.165) is 5.47 Å². The summed E-state index contributed by atoms with van der Waals surface area (Å²) < 4.78 is 12.8. The van der Waals surface area contributed by atoms with Gasteiger partial charge in [0.25, 0.3) is 0 Å². The molecule has 1 aromatic heterocycles. The number of halogens is 1. The molecule has 0 spiro atoms. The molecule has 1 aliphatic rings. The summed E-state index contributed by atoms with van der Waals surface area (Å²) in [7, 11) is -0.544. The zero-order valence-corrected chi connectivity index (χ0v) is 15.6. The standard InChI is InChI=1S/C15H21BBrN3O3/c1-10(21)18-7-11(6-12-8-20-13(17)9-19-12)16-22-14(2,3)15(4,5)23-16/h6,8-9H,7H2,1-5H3,(H,18,21). The molecule has 1 N–H and O–H groups in total. The van der Waals surface area contributed by atoms with Crippen molar-refractivity contribution in [3.05, 3.63) is 28.2 Å². The molecule has 1 aromatic rings. The molecule has 8 heteroatoms. The van der Waals surface area contributed by atoms with Crippen LogP contribution in [0.3, 0.4) is 0 Å². The van der Waals surface area contributed by atoms with Gasteiger partial charge < -0.3 is 14.6 Å². The molecular formula is C15H21BBrN3O3. The van der Waals surface area contributed by atoms with E-state index in [1.807, 2.05) is 33.8 Å². The molecule has 1 amide bonds. The quantitative estimate of drug-likeness (QED) is 0.810. The number of aromatic nitrogens is 2. The second-order valence-corrected chi connectivity index (χ2v) is 7.29. The Hall–Kier alpha value is -1.25. The van der Waals surface area contributed by atoms with Crippen LogP contribution >= 0.6 is 15.9 Å². The van der Waals surface area contributed by atoms with Gasteiger partial charge in [-0.05, 0) is 55.2 Å². The summed E-state index contributed by atoms with van der Waals surface area (Å²) in [5.41, 5.74) is 0.565. The second kappa shape index (κ2) is 6.71. The van der Waals surface area contributed by atoms with Gasteiger partial charge in [-0.25, -0.2) is 4.98 Å². The van der Waals surface area contributed by atoms with Gasteiger partial charge in [-0.3, -0.25) is 9.78 Å². The van der Waals surface area contributed by atoms with Gasteiger partial charge in [0, 0.05) is 13.5 Å². The first-order valence-electron chi connectivity index (χ1n) is 7.39. The third-order valence-corrected chi connectivity index (χ3v) is 4.48. The summed E-state index contributed by atoms with van der Waals surface area (Å²) in [4.78, 5) is 19.7. The summed E-state index contributed by atoms with van der Waals surface area (Å²) >= 11 is 3.26. The highest BCUT2D eigenvalue weighted by Gasteiger charge is 2.52. The fourth-order valence-electron chi connectivity index (χ4n) is 2.01. The summed E-state index contributed by atoms with van der Waals surface area (Å²) in [5.74, 6) is -0.116. The molecule has 0 bridgehead atoms. The highest BCUT2D eigenvalue weighted by molar-refractivity contribution is 9.10. The lowest BCUT2D eigenvalue weighted by Crippen LogP contribution is -2.41. The molecule has 124 valence electrons. The number of hydrogen-bond acceptors (Lipinski definition) is 5. The molecule has 0 aromatic carbocycles. The number of nitrogens with zero attached hydrogens (tertiary/aromatic N) is 2. The molecule has 0 atom stereocenters. The van der Waals surface area contributed by atoms with E-state index >= 15 is 0 Å². The Labute approximate surface area is 145 Å². The van der Waals surface area contributed by atoms with E-state index in [1.165, 1.54) is 6.92 Å². The maximum Gasteiger partial charge on any atom is 0.492 e. The highest BCUT2D eigenvalue weighted by atomic mass is 79.9. The third kappa shape index (κ3) is 4.40. The predicted octanol–water partition coefficient (Wildman–Crippen LogP) is 2.39. The maximum absolute atomic E-state index is 11.3. The van der Waals surface area contributed by atoms with Crippen molar-refractivity contribution in [3.63, 3.8) is 0 Å². The van der Waals surface area contributed by atoms with E-state index < -0.39 is 18.3 Å². The van der Waals surface area contributed by atoms with Gasteiger partial charge in [-0.1, -0.05) is 0 Å². The van der Waals surface area contributed by atoms with Gasteiger partial charge in [0.2, 0.25) is 5.91 Å². The first-order valence-corrected chi connectivity index (χ1v) is 8.18. The van der Waals surface area contributed by atoms with E-state index in [-0.39, 0.29) is 5.91 Å². The van der Waals surface area contributed by atoms with Crippen LogP contribution in [-0.2, 0) is 14.1 Å². The Morgan fingerprint density at radius 2 is 1.87 bits per heavy atom. The van der Waals surface area contributed by atoms with Crippen LogP contribution in [-0.4, -0.2) is 40.7 Å². The number of carbonyl (C=O) groups is 1. The first kappa shape index (κ1) is 18.1. The SMILES string of the molecule is CC(=O)NCC(=Cc1cnc(Br)cn1)B1OC(C)(C)C(C)(C)O1. The maximum atomic E-state index is 11.3. The van der Waals surface area contributed by atoms with Crippen molar-refractivity contribution in [2.45, 2.75) is 45.8 Å². The van der Waals surface area contributed by atoms with Crippen molar-refractivity contribution in [3.8, 4) is 0 Å². The van der Waals surface area contributed by atoms with Crippen molar-refractivity contribution in [1.82, 2.24) is 15.3 Å². The number of nitrogens with one attached hydrogen (secondary N) is 1. The molecule has 0 unspecified atom stereocenters. The van der Waals surface area contributed by atoms with E-state index in [1.54, 1.807) is 12.4 Å². The van der Waals surface area contributed by atoms with Crippen LogP contribution in [0.5, 0.6) is 0 Å². The molecular weight excluding hydrogens is 361 g/mol. The highest BCUT2D eigenvalue weighted by Crippen LogP contribution is 2.38. The smallest absolute Gasteiger partial charge is 0.400 e. The second-order valence-electron chi connectivity index (χ2n) is 6.48. The lowest BCUT2D eigenvalue weighted by molar-refractivity contribution is -0.118. The van der Waals surface area contributed by atoms with E-state index in [4.69, 9.17) is 9.31 Å². The Bertz CT molecular complexity index is 601. The Morgan fingerprint density at radius 1 is 1.26 bits per heavy atom. The van der Waals surface area contributed by atoms with Crippen LogP contribution in [0, 0.1) is 0 Å². The van der Waals surface area contributed by atoms with E-state index in [2.05, 4.69) is 31.2 Å². The number of amides is 1. The molecule has 6 nitrogen and oxygen atoms in total. The zero-order valence-electron chi connectivity index (χ0n) is 14.0. The van der Waals surface area contributed by atoms with Crippen LogP contribution in [0.2, 0.25) is 0 Å².